The molecular formula is C48H29N5S. The number of nitrogens with zero attached hydrogens (tertiary/aromatic N) is 5. The monoisotopic (exact) mass is 707 g/mol. The van der Waals surface area contributed by atoms with E-state index in [-0.39, 0.29) is 0 Å². The molecular weight excluding hydrogens is 679 g/mol. The first-order valence-corrected chi connectivity index (χ1v) is 18.8. The number of aromatic nitrogens is 5. The Morgan fingerprint density at radius 3 is 1.85 bits per heavy atom. The Kier molecular flexibility index (Phi) is 6.97. The Bertz CT molecular complexity index is 3130. The molecule has 7 aromatic carbocycles. The zero-order valence-electron chi connectivity index (χ0n) is 28.9. The number of hydrogen-bond donors (Lipinski definition) is 0. The lowest BCUT2D eigenvalue weighted by atomic mass is 10.0. The minimum absolute atomic E-state index is 0.705. The summed E-state index contributed by atoms with van der Waals surface area (Å²) in [4.78, 5) is 19.6. The molecule has 5 nitrogen and oxygen atoms in total. The van der Waals surface area contributed by atoms with E-state index in [1.54, 1.807) is 0 Å². The lowest BCUT2D eigenvalue weighted by Crippen LogP contribution is -1.97. The Labute approximate surface area is 314 Å². The number of hydrogen-bond acceptors (Lipinski definition) is 5. The maximum atomic E-state index is 5.09. The molecule has 4 heterocycles. The largest absolute Gasteiger partial charge is 0.309 e. The summed E-state index contributed by atoms with van der Waals surface area (Å²) < 4.78 is 4.88. The van der Waals surface area contributed by atoms with E-state index in [1.807, 2.05) is 66.2 Å². The molecule has 252 valence electrons. The molecule has 0 unspecified atom stereocenters. The van der Waals surface area contributed by atoms with Gasteiger partial charge in [0.2, 0.25) is 0 Å². The normalized spacial score (nSPS) is 11.7. The minimum atomic E-state index is 0.705. The van der Waals surface area contributed by atoms with Gasteiger partial charge in [-0.15, -0.1) is 11.3 Å². The van der Waals surface area contributed by atoms with Crippen molar-refractivity contribution in [2.45, 2.75) is 0 Å². The molecule has 4 aromatic heterocycles. The van der Waals surface area contributed by atoms with Crippen LogP contribution in [0.5, 0.6) is 0 Å². The summed E-state index contributed by atoms with van der Waals surface area (Å²) >= 11 is 1.83. The van der Waals surface area contributed by atoms with Crippen molar-refractivity contribution in [2.24, 2.45) is 0 Å². The van der Waals surface area contributed by atoms with Crippen LogP contribution in [-0.4, -0.2) is 24.5 Å². The van der Waals surface area contributed by atoms with Crippen LogP contribution >= 0.6 is 11.3 Å². The Hall–Kier alpha value is -7.02. The lowest BCUT2D eigenvalue weighted by Gasteiger charge is -2.12. The smallest absolute Gasteiger partial charge is 0.160 e. The summed E-state index contributed by atoms with van der Waals surface area (Å²) in [6, 6.07) is 57.5. The van der Waals surface area contributed by atoms with Crippen LogP contribution in [0.1, 0.15) is 0 Å². The third-order valence-electron chi connectivity index (χ3n) is 10.3. The fraction of sp³-hybridized carbons (Fsp3) is 0. The highest BCUT2D eigenvalue weighted by Gasteiger charge is 2.23. The molecule has 0 aliphatic carbocycles. The van der Waals surface area contributed by atoms with Crippen molar-refractivity contribution in [2.75, 3.05) is 0 Å². The number of fused-ring (bicyclic) bond motifs is 9. The quantitative estimate of drug-likeness (QED) is 0.179. The SMILES string of the molecule is c1ccc(-c2cc(-c3ccc(-n4c5ccccc5c5cc(-c6ncccn6)c6sc7c8ccccc8ccc7c6c54)cc3)nc(-c3ccccc3)n2)cc1. The number of thiophene rings is 1. The Morgan fingerprint density at radius 1 is 0.444 bits per heavy atom. The second-order valence-corrected chi connectivity index (χ2v) is 14.5. The van der Waals surface area contributed by atoms with Gasteiger partial charge in [0.1, 0.15) is 0 Å². The summed E-state index contributed by atoms with van der Waals surface area (Å²) in [7, 11) is 0. The molecule has 0 aliphatic heterocycles. The predicted molar refractivity (Wildman–Crippen MR) is 224 cm³/mol. The van der Waals surface area contributed by atoms with E-state index in [9.17, 15) is 0 Å². The minimum Gasteiger partial charge on any atom is -0.309 e. The van der Waals surface area contributed by atoms with E-state index in [0.29, 0.717) is 5.82 Å². The third-order valence-corrected chi connectivity index (χ3v) is 11.6. The van der Waals surface area contributed by atoms with Crippen molar-refractivity contribution in [3.05, 3.63) is 176 Å². The maximum absolute atomic E-state index is 5.09. The second kappa shape index (κ2) is 12.3. The Morgan fingerprint density at radius 2 is 1.09 bits per heavy atom. The topological polar surface area (TPSA) is 56.5 Å². The van der Waals surface area contributed by atoms with Crippen LogP contribution in [0, 0.1) is 0 Å². The summed E-state index contributed by atoms with van der Waals surface area (Å²) in [5.41, 5.74) is 9.29. The van der Waals surface area contributed by atoms with Crippen molar-refractivity contribution in [1.29, 1.82) is 0 Å². The van der Waals surface area contributed by atoms with Crippen molar-refractivity contribution < 1.29 is 0 Å². The number of benzene rings is 7. The zero-order chi connectivity index (χ0) is 35.6. The fourth-order valence-electron chi connectivity index (χ4n) is 7.84. The molecule has 0 fully saturated rings. The number of rotatable bonds is 5. The van der Waals surface area contributed by atoms with E-state index >= 15 is 0 Å². The van der Waals surface area contributed by atoms with E-state index < -0.39 is 0 Å². The van der Waals surface area contributed by atoms with Gasteiger partial charge in [0, 0.05) is 71.3 Å². The van der Waals surface area contributed by atoms with Crippen LogP contribution in [0.15, 0.2) is 176 Å². The van der Waals surface area contributed by atoms with E-state index in [4.69, 9.17) is 19.9 Å². The molecule has 11 rings (SSSR count). The van der Waals surface area contributed by atoms with Gasteiger partial charge in [0.05, 0.1) is 22.4 Å². The van der Waals surface area contributed by atoms with Crippen LogP contribution in [0.4, 0.5) is 0 Å². The molecule has 6 heteroatoms. The van der Waals surface area contributed by atoms with Crippen molar-refractivity contribution in [3.8, 4) is 51.0 Å². The standard InChI is InChI=1S/C48H29N5S/c1-3-13-31(14-4-1)40-29-41(52-47(51-40)33-15-5-2-6-16-33)32-20-23-34(24-21-32)53-42-19-10-9-18-36(42)38-28-39(48-49-26-11-27-50-48)46-43(44(38)53)37-25-22-30-12-7-8-17-35(30)45(37)54-46/h1-29H. The van der Waals surface area contributed by atoms with E-state index in [2.05, 4.69) is 126 Å². The average molecular weight is 708 g/mol. The summed E-state index contributed by atoms with van der Waals surface area (Å²) in [5, 5.41) is 7.31. The molecule has 0 spiro atoms. The van der Waals surface area contributed by atoms with Crippen molar-refractivity contribution in [1.82, 2.24) is 24.5 Å². The zero-order valence-corrected chi connectivity index (χ0v) is 29.7. The van der Waals surface area contributed by atoms with Gasteiger partial charge in [-0.3, -0.25) is 0 Å². The molecule has 0 saturated heterocycles. The van der Waals surface area contributed by atoms with Crippen LogP contribution in [-0.2, 0) is 0 Å². The first kappa shape index (κ1) is 30.6. The van der Waals surface area contributed by atoms with Crippen LogP contribution in [0.2, 0.25) is 0 Å². The highest BCUT2D eigenvalue weighted by Crippen LogP contribution is 2.48. The molecule has 0 bridgehead atoms. The highest BCUT2D eigenvalue weighted by atomic mass is 32.1. The summed E-state index contributed by atoms with van der Waals surface area (Å²) in [5.74, 6) is 1.44. The molecule has 11 aromatic rings. The van der Waals surface area contributed by atoms with Crippen molar-refractivity contribution >= 4 is 64.1 Å². The molecule has 0 amide bonds. The van der Waals surface area contributed by atoms with Gasteiger partial charge in [0.25, 0.3) is 0 Å². The first-order valence-electron chi connectivity index (χ1n) is 18.0. The van der Waals surface area contributed by atoms with Crippen LogP contribution in [0.25, 0.3) is 104 Å². The average Bonchev–Trinajstić information content (AvgIpc) is 3.81. The second-order valence-electron chi connectivity index (χ2n) is 13.5. The third kappa shape index (κ3) is 4.85. The number of para-hydroxylation sites is 1. The molecule has 0 radical (unpaired) electrons. The van der Waals surface area contributed by atoms with Crippen LogP contribution in [0.3, 0.4) is 0 Å². The highest BCUT2D eigenvalue weighted by molar-refractivity contribution is 7.27. The molecule has 0 N–H and O–H groups in total. The van der Waals surface area contributed by atoms with Gasteiger partial charge in [-0.25, -0.2) is 19.9 Å². The van der Waals surface area contributed by atoms with E-state index in [1.165, 1.54) is 47.2 Å². The van der Waals surface area contributed by atoms with Crippen molar-refractivity contribution in [3.63, 3.8) is 0 Å². The first-order chi connectivity index (χ1) is 26.8. The van der Waals surface area contributed by atoms with E-state index in [0.717, 1.165) is 50.7 Å². The summed E-state index contributed by atoms with van der Waals surface area (Å²) in [6.45, 7) is 0. The molecule has 0 aliphatic rings. The van der Waals surface area contributed by atoms with Gasteiger partial charge < -0.3 is 4.57 Å². The predicted octanol–water partition coefficient (Wildman–Crippen LogP) is 12.6. The lowest BCUT2D eigenvalue weighted by molar-refractivity contribution is 1.17. The van der Waals surface area contributed by atoms with Gasteiger partial charge >= 0.3 is 0 Å². The molecule has 0 saturated carbocycles. The molecule has 54 heavy (non-hydrogen) atoms. The van der Waals surface area contributed by atoms with Crippen LogP contribution < -0.4 is 0 Å². The van der Waals surface area contributed by atoms with Gasteiger partial charge in [-0.2, -0.15) is 0 Å². The Balaban J connectivity index is 1.16. The molecule has 0 atom stereocenters. The van der Waals surface area contributed by atoms with Gasteiger partial charge in [0.15, 0.2) is 11.6 Å². The maximum Gasteiger partial charge on any atom is 0.160 e. The van der Waals surface area contributed by atoms with Gasteiger partial charge in [-0.1, -0.05) is 127 Å². The van der Waals surface area contributed by atoms with Gasteiger partial charge in [-0.05, 0) is 47.2 Å². The fourth-order valence-corrected chi connectivity index (χ4v) is 9.19. The summed E-state index contributed by atoms with van der Waals surface area (Å²) in [6.07, 6.45) is 3.66.